The molecule has 1 unspecified atom stereocenters. The van der Waals surface area contributed by atoms with E-state index >= 15 is 0 Å². The van der Waals surface area contributed by atoms with Crippen LogP contribution in [0.15, 0.2) is 18.2 Å². The summed E-state index contributed by atoms with van der Waals surface area (Å²) in [6.45, 7) is 4.31. The predicted molar refractivity (Wildman–Crippen MR) is 77.8 cm³/mol. The Kier molecular flexibility index (Phi) is 6.71. The van der Waals surface area contributed by atoms with Crippen LogP contribution in [0.4, 0.5) is 0 Å². The molecule has 0 spiro atoms. The maximum absolute atomic E-state index is 10.6. The third kappa shape index (κ3) is 4.43. The van der Waals surface area contributed by atoms with Crippen LogP contribution in [-0.2, 0) is 0 Å². The highest BCUT2D eigenvalue weighted by Crippen LogP contribution is 2.33. The van der Waals surface area contributed by atoms with Gasteiger partial charge in [-0.25, -0.2) is 0 Å². The summed E-state index contributed by atoms with van der Waals surface area (Å²) >= 11 is 0. The van der Waals surface area contributed by atoms with Gasteiger partial charge in [0, 0.05) is 6.07 Å². The Labute approximate surface area is 116 Å². The minimum absolute atomic E-state index is 0.298. The van der Waals surface area contributed by atoms with Crippen molar-refractivity contribution in [1.29, 1.82) is 0 Å². The number of hydrogen-bond acceptors (Lipinski definition) is 3. The lowest BCUT2D eigenvalue weighted by Gasteiger charge is -2.23. The van der Waals surface area contributed by atoms with E-state index in [4.69, 9.17) is 9.47 Å². The van der Waals surface area contributed by atoms with Gasteiger partial charge in [-0.1, -0.05) is 26.7 Å². The molecule has 0 bridgehead atoms. The third-order valence-electron chi connectivity index (χ3n) is 3.48. The van der Waals surface area contributed by atoms with Crippen LogP contribution in [-0.4, -0.2) is 19.3 Å². The second-order valence-corrected chi connectivity index (χ2v) is 4.93. The topological polar surface area (TPSA) is 38.7 Å². The Balaban J connectivity index is 2.97. The molecular weight excluding hydrogens is 240 g/mol. The van der Waals surface area contributed by atoms with Gasteiger partial charge in [0.1, 0.15) is 11.5 Å². The molecule has 0 aromatic heterocycles. The standard InChI is InChI=1S/C16H26O3/c1-5-7-12(8-6-2)16(17)13-9-14(18-3)11-15(10-13)19-4/h9-12,16-17H,5-8H2,1-4H3. The van der Waals surface area contributed by atoms with Crippen LogP contribution >= 0.6 is 0 Å². The molecule has 0 saturated heterocycles. The van der Waals surface area contributed by atoms with Crippen LogP contribution in [0.1, 0.15) is 51.2 Å². The first kappa shape index (κ1) is 15.8. The fourth-order valence-electron chi connectivity index (χ4n) is 2.47. The van der Waals surface area contributed by atoms with E-state index in [0.29, 0.717) is 5.92 Å². The van der Waals surface area contributed by atoms with Crippen molar-refractivity contribution in [3.05, 3.63) is 23.8 Å². The molecule has 1 aromatic rings. The van der Waals surface area contributed by atoms with Gasteiger partial charge < -0.3 is 14.6 Å². The molecule has 0 aliphatic rings. The molecule has 0 amide bonds. The van der Waals surface area contributed by atoms with Crippen LogP contribution in [0.2, 0.25) is 0 Å². The van der Waals surface area contributed by atoms with Gasteiger partial charge in [-0.05, 0) is 36.5 Å². The Morgan fingerprint density at radius 2 is 1.42 bits per heavy atom. The van der Waals surface area contributed by atoms with E-state index in [1.54, 1.807) is 14.2 Å². The van der Waals surface area contributed by atoms with Gasteiger partial charge >= 0.3 is 0 Å². The minimum Gasteiger partial charge on any atom is -0.497 e. The molecule has 0 heterocycles. The van der Waals surface area contributed by atoms with Gasteiger partial charge in [-0.15, -0.1) is 0 Å². The van der Waals surface area contributed by atoms with E-state index in [2.05, 4.69) is 13.8 Å². The quantitative estimate of drug-likeness (QED) is 0.774. The number of ether oxygens (including phenoxy) is 2. The van der Waals surface area contributed by atoms with Gasteiger partial charge in [0.05, 0.1) is 20.3 Å². The van der Waals surface area contributed by atoms with Crippen molar-refractivity contribution in [2.75, 3.05) is 14.2 Å². The van der Waals surface area contributed by atoms with E-state index in [0.717, 1.165) is 42.7 Å². The number of aliphatic hydroxyl groups excluding tert-OH is 1. The van der Waals surface area contributed by atoms with E-state index in [9.17, 15) is 5.11 Å². The first-order valence-corrected chi connectivity index (χ1v) is 7.07. The molecular formula is C16H26O3. The Morgan fingerprint density at radius 3 is 1.79 bits per heavy atom. The number of benzene rings is 1. The molecule has 108 valence electrons. The molecule has 0 fully saturated rings. The molecule has 3 heteroatoms. The highest BCUT2D eigenvalue weighted by molar-refractivity contribution is 5.39. The van der Waals surface area contributed by atoms with Crippen LogP contribution < -0.4 is 9.47 Å². The second-order valence-electron chi connectivity index (χ2n) is 4.93. The van der Waals surface area contributed by atoms with Crippen molar-refractivity contribution in [1.82, 2.24) is 0 Å². The molecule has 0 saturated carbocycles. The van der Waals surface area contributed by atoms with Crippen molar-refractivity contribution in [2.24, 2.45) is 5.92 Å². The average Bonchev–Trinajstić information content (AvgIpc) is 2.45. The average molecular weight is 266 g/mol. The zero-order valence-electron chi connectivity index (χ0n) is 12.5. The van der Waals surface area contributed by atoms with E-state index in [-0.39, 0.29) is 0 Å². The number of aliphatic hydroxyl groups is 1. The summed E-state index contributed by atoms with van der Waals surface area (Å²) in [5.74, 6) is 1.74. The summed E-state index contributed by atoms with van der Waals surface area (Å²) in [5, 5.41) is 10.6. The monoisotopic (exact) mass is 266 g/mol. The van der Waals surface area contributed by atoms with Crippen LogP contribution in [0.5, 0.6) is 11.5 Å². The smallest absolute Gasteiger partial charge is 0.122 e. The summed E-state index contributed by atoms with van der Waals surface area (Å²) in [6.07, 6.45) is 3.79. The van der Waals surface area contributed by atoms with E-state index in [1.807, 2.05) is 18.2 Å². The molecule has 1 atom stereocenters. The van der Waals surface area contributed by atoms with Gasteiger partial charge in [0.25, 0.3) is 0 Å². The van der Waals surface area contributed by atoms with E-state index < -0.39 is 6.10 Å². The molecule has 0 aliphatic carbocycles. The minimum atomic E-state index is -0.455. The normalized spacial score (nSPS) is 12.5. The first-order valence-electron chi connectivity index (χ1n) is 7.07. The first-order chi connectivity index (χ1) is 9.15. The third-order valence-corrected chi connectivity index (χ3v) is 3.48. The maximum Gasteiger partial charge on any atom is 0.122 e. The van der Waals surface area contributed by atoms with Crippen molar-refractivity contribution >= 4 is 0 Å². The lowest BCUT2D eigenvalue weighted by molar-refractivity contribution is 0.0960. The fourth-order valence-corrected chi connectivity index (χ4v) is 2.47. The second kappa shape index (κ2) is 8.05. The summed E-state index contributed by atoms with van der Waals surface area (Å²) in [7, 11) is 3.25. The molecule has 0 aliphatic heterocycles. The van der Waals surface area contributed by atoms with Crippen molar-refractivity contribution in [3.8, 4) is 11.5 Å². The maximum atomic E-state index is 10.6. The zero-order valence-corrected chi connectivity index (χ0v) is 12.5. The molecule has 1 aromatic carbocycles. The summed E-state index contributed by atoms with van der Waals surface area (Å²) in [5.41, 5.74) is 0.878. The summed E-state index contributed by atoms with van der Waals surface area (Å²) in [4.78, 5) is 0. The predicted octanol–water partition coefficient (Wildman–Crippen LogP) is 3.95. The highest BCUT2D eigenvalue weighted by Gasteiger charge is 2.20. The number of methoxy groups -OCH3 is 2. The summed E-state index contributed by atoms with van der Waals surface area (Å²) in [6, 6.07) is 5.61. The van der Waals surface area contributed by atoms with Gasteiger partial charge in [0.2, 0.25) is 0 Å². The SMILES string of the molecule is CCCC(CCC)C(O)c1cc(OC)cc(OC)c1. The lowest BCUT2D eigenvalue weighted by atomic mass is 9.88. The Bertz CT molecular complexity index is 348. The molecule has 0 radical (unpaired) electrons. The van der Waals surface area contributed by atoms with Crippen molar-refractivity contribution < 1.29 is 14.6 Å². The highest BCUT2D eigenvalue weighted by atomic mass is 16.5. The van der Waals surface area contributed by atoms with Crippen LogP contribution in [0, 0.1) is 5.92 Å². The Morgan fingerprint density at radius 1 is 0.947 bits per heavy atom. The number of rotatable bonds is 8. The fraction of sp³-hybridized carbons (Fsp3) is 0.625. The number of hydrogen-bond donors (Lipinski definition) is 1. The van der Waals surface area contributed by atoms with Crippen LogP contribution in [0.3, 0.4) is 0 Å². The van der Waals surface area contributed by atoms with E-state index in [1.165, 1.54) is 0 Å². The lowest BCUT2D eigenvalue weighted by Crippen LogP contribution is -2.13. The Hall–Kier alpha value is -1.22. The van der Waals surface area contributed by atoms with Crippen LogP contribution in [0.25, 0.3) is 0 Å². The van der Waals surface area contributed by atoms with Gasteiger partial charge in [-0.3, -0.25) is 0 Å². The zero-order chi connectivity index (χ0) is 14.3. The molecule has 1 N–H and O–H groups in total. The van der Waals surface area contributed by atoms with Crippen molar-refractivity contribution in [3.63, 3.8) is 0 Å². The molecule has 1 rings (SSSR count). The van der Waals surface area contributed by atoms with Crippen molar-refractivity contribution in [2.45, 2.75) is 45.6 Å². The summed E-state index contributed by atoms with van der Waals surface area (Å²) < 4.78 is 10.5. The molecule has 19 heavy (non-hydrogen) atoms. The molecule has 3 nitrogen and oxygen atoms in total. The van der Waals surface area contributed by atoms with Gasteiger partial charge in [0.15, 0.2) is 0 Å². The van der Waals surface area contributed by atoms with Gasteiger partial charge in [-0.2, -0.15) is 0 Å². The largest absolute Gasteiger partial charge is 0.497 e.